The molecular formula is C16H26N2O3S. The molecule has 1 heterocycles. The van der Waals surface area contributed by atoms with Crippen LogP contribution in [0.4, 0.5) is 5.69 Å². The summed E-state index contributed by atoms with van der Waals surface area (Å²) in [5, 5.41) is 3.26. The fraction of sp³-hybridized carbons (Fsp3) is 0.625. The molecular weight excluding hydrogens is 300 g/mol. The van der Waals surface area contributed by atoms with E-state index in [1.54, 1.807) is 22.5 Å². The van der Waals surface area contributed by atoms with Crippen molar-refractivity contribution < 1.29 is 13.2 Å². The zero-order valence-electron chi connectivity index (χ0n) is 13.8. The largest absolute Gasteiger partial charge is 0.484 e. The summed E-state index contributed by atoms with van der Waals surface area (Å²) in [6.07, 6.45) is 1.61. The Kier molecular flexibility index (Phi) is 5.02. The van der Waals surface area contributed by atoms with Crippen molar-refractivity contribution in [3.63, 3.8) is 0 Å². The Hall–Kier alpha value is -1.27. The molecule has 0 spiro atoms. The molecule has 1 N–H and O–H groups in total. The highest BCUT2D eigenvalue weighted by atomic mass is 32.2. The van der Waals surface area contributed by atoms with Crippen molar-refractivity contribution in [3.05, 3.63) is 18.2 Å². The number of fused-ring (bicyclic) bond motifs is 1. The lowest BCUT2D eigenvalue weighted by Gasteiger charge is -2.33. The van der Waals surface area contributed by atoms with E-state index < -0.39 is 10.0 Å². The number of nitrogens with zero attached hydrogens (tertiary/aromatic N) is 1. The van der Waals surface area contributed by atoms with Gasteiger partial charge in [0, 0.05) is 13.1 Å². The highest BCUT2D eigenvalue weighted by Gasteiger charge is 2.29. The molecule has 0 saturated carbocycles. The average Bonchev–Trinajstić information content (AvgIpc) is 2.45. The Bertz CT molecular complexity index is 620. The number of anilines is 1. The van der Waals surface area contributed by atoms with Crippen molar-refractivity contribution in [1.82, 2.24) is 4.31 Å². The molecule has 0 aliphatic carbocycles. The molecule has 22 heavy (non-hydrogen) atoms. The summed E-state index contributed by atoms with van der Waals surface area (Å²) in [7, 11) is -3.45. The number of rotatable bonds is 6. The van der Waals surface area contributed by atoms with Gasteiger partial charge in [-0.2, -0.15) is 4.31 Å². The van der Waals surface area contributed by atoms with Crippen LogP contribution in [0.2, 0.25) is 0 Å². The van der Waals surface area contributed by atoms with Crippen molar-refractivity contribution in [2.24, 2.45) is 0 Å². The zero-order valence-corrected chi connectivity index (χ0v) is 14.7. The summed E-state index contributed by atoms with van der Waals surface area (Å²) < 4.78 is 33.0. The molecule has 0 saturated heterocycles. The Morgan fingerprint density at radius 2 is 1.86 bits per heavy atom. The highest BCUT2D eigenvalue weighted by Crippen LogP contribution is 2.35. The van der Waals surface area contributed by atoms with Gasteiger partial charge in [-0.3, -0.25) is 0 Å². The predicted octanol–water partition coefficient (Wildman–Crippen LogP) is 3.08. The average molecular weight is 326 g/mol. The fourth-order valence-corrected chi connectivity index (χ4v) is 4.19. The lowest BCUT2D eigenvalue weighted by molar-refractivity contribution is 0.116. The van der Waals surface area contributed by atoms with Gasteiger partial charge in [-0.05, 0) is 44.9 Å². The van der Waals surface area contributed by atoms with Gasteiger partial charge < -0.3 is 10.1 Å². The van der Waals surface area contributed by atoms with E-state index in [0.29, 0.717) is 30.3 Å². The molecule has 0 radical (unpaired) electrons. The molecule has 5 nitrogen and oxygen atoms in total. The lowest BCUT2D eigenvalue weighted by Crippen LogP contribution is -2.40. The number of benzene rings is 1. The van der Waals surface area contributed by atoms with Gasteiger partial charge >= 0.3 is 0 Å². The first-order valence-electron chi connectivity index (χ1n) is 7.87. The molecule has 6 heteroatoms. The maximum atomic E-state index is 12.8. The van der Waals surface area contributed by atoms with Crippen molar-refractivity contribution in [2.75, 3.05) is 25.0 Å². The molecule has 0 aromatic heterocycles. The summed E-state index contributed by atoms with van der Waals surface area (Å²) in [5.74, 6) is 0.702. The van der Waals surface area contributed by atoms with Crippen LogP contribution in [0.5, 0.6) is 5.75 Å². The second-order valence-corrected chi connectivity index (χ2v) is 8.22. The third-order valence-electron chi connectivity index (χ3n) is 3.63. The normalized spacial score (nSPS) is 16.8. The van der Waals surface area contributed by atoms with Crippen LogP contribution in [0, 0.1) is 0 Å². The third-order valence-corrected chi connectivity index (χ3v) is 5.52. The lowest BCUT2D eigenvalue weighted by atomic mass is 10.1. The second-order valence-electron chi connectivity index (χ2n) is 6.28. The van der Waals surface area contributed by atoms with E-state index >= 15 is 0 Å². The topological polar surface area (TPSA) is 58.6 Å². The molecule has 0 bridgehead atoms. The molecule has 1 aromatic rings. The van der Waals surface area contributed by atoms with E-state index in [9.17, 15) is 8.42 Å². The smallest absolute Gasteiger partial charge is 0.243 e. The number of ether oxygens (including phenoxy) is 1. The Morgan fingerprint density at radius 1 is 1.23 bits per heavy atom. The quantitative estimate of drug-likeness (QED) is 0.873. The van der Waals surface area contributed by atoms with Gasteiger partial charge in [0.2, 0.25) is 10.0 Å². The van der Waals surface area contributed by atoms with Gasteiger partial charge in [-0.25, -0.2) is 8.42 Å². The van der Waals surface area contributed by atoms with E-state index in [4.69, 9.17) is 4.74 Å². The fourth-order valence-electron chi connectivity index (χ4n) is 2.54. The van der Waals surface area contributed by atoms with Gasteiger partial charge in [0.05, 0.1) is 17.1 Å². The standard InChI is InChI=1S/C16H26N2O3S/c1-5-9-18(10-6-2)22(19,20)13-7-8-15-14(11-13)17-12-16(3,4)21-15/h7-8,11,17H,5-6,9-10,12H2,1-4H3. The van der Waals surface area contributed by atoms with Gasteiger partial charge in [0.15, 0.2) is 0 Å². The van der Waals surface area contributed by atoms with E-state index in [0.717, 1.165) is 18.5 Å². The van der Waals surface area contributed by atoms with Crippen LogP contribution < -0.4 is 10.1 Å². The minimum absolute atomic E-state index is 0.288. The Balaban J connectivity index is 2.33. The maximum Gasteiger partial charge on any atom is 0.243 e. The van der Waals surface area contributed by atoms with Crippen molar-refractivity contribution in [1.29, 1.82) is 0 Å². The minimum Gasteiger partial charge on any atom is -0.484 e. The molecule has 0 fully saturated rings. The third kappa shape index (κ3) is 3.55. The minimum atomic E-state index is -3.45. The summed E-state index contributed by atoms with van der Waals surface area (Å²) in [6.45, 7) is 9.71. The summed E-state index contributed by atoms with van der Waals surface area (Å²) in [6, 6.07) is 5.06. The SMILES string of the molecule is CCCN(CCC)S(=O)(=O)c1ccc2c(c1)NCC(C)(C)O2. The summed E-state index contributed by atoms with van der Waals surface area (Å²) in [5.41, 5.74) is 0.456. The van der Waals surface area contributed by atoms with Crippen LogP contribution in [0.1, 0.15) is 40.5 Å². The Labute approximate surface area is 133 Å². The maximum absolute atomic E-state index is 12.8. The molecule has 124 valence electrons. The van der Waals surface area contributed by atoms with Gasteiger partial charge in [-0.15, -0.1) is 0 Å². The molecule has 1 aliphatic rings. The number of hydrogen-bond donors (Lipinski definition) is 1. The molecule has 2 rings (SSSR count). The molecule has 0 atom stereocenters. The Morgan fingerprint density at radius 3 is 2.45 bits per heavy atom. The van der Waals surface area contributed by atoms with Gasteiger partial charge in [0.1, 0.15) is 11.4 Å². The predicted molar refractivity (Wildman–Crippen MR) is 89.0 cm³/mol. The summed E-state index contributed by atoms with van der Waals surface area (Å²) >= 11 is 0. The summed E-state index contributed by atoms with van der Waals surface area (Å²) in [4.78, 5) is 0.323. The molecule has 0 amide bonds. The van der Waals surface area contributed by atoms with E-state index in [2.05, 4.69) is 5.32 Å². The number of nitrogens with one attached hydrogen (secondary N) is 1. The van der Waals surface area contributed by atoms with Crippen LogP contribution in [-0.4, -0.2) is 38.0 Å². The van der Waals surface area contributed by atoms with Crippen LogP contribution >= 0.6 is 0 Å². The second kappa shape index (κ2) is 6.46. The molecule has 0 unspecified atom stereocenters. The molecule has 1 aliphatic heterocycles. The first kappa shape index (κ1) is 17.1. The van der Waals surface area contributed by atoms with Crippen LogP contribution in [-0.2, 0) is 10.0 Å². The molecule has 1 aromatic carbocycles. The van der Waals surface area contributed by atoms with Crippen molar-refractivity contribution in [2.45, 2.75) is 51.0 Å². The van der Waals surface area contributed by atoms with E-state index in [1.165, 1.54) is 0 Å². The zero-order chi connectivity index (χ0) is 16.4. The van der Waals surface area contributed by atoms with Crippen molar-refractivity contribution in [3.8, 4) is 5.75 Å². The van der Waals surface area contributed by atoms with Gasteiger partial charge in [-0.1, -0.05) is 13.8 Å². The van der Waals surface area contributed by atoms with Crippen LogP contribution in [0.15, 0.2) is 23.1 Å². The van der Waals surface area contributed by atoms with E-state index in [-0.39, 0.29) is 5.60 Å². The number of hydrogen-bond acceptors (Lipinski definition) is 4. The van der Waals surface area contributed by atoms with Gasteiger partial charge in [0.25, 0.3) is 0 Å². The van der Waals surface area contributed by atoms with Crippen LogP contribution in [0.25, 0.3) is 0 Å². The van der Waals surface area contributed by atoms with Crippen molar-refractivity contribution >= 4 is 15.7 Å². The first-order valence-corrected chi connectivity index (χ1v) is 9.31. The van der Waals surface area contributed by atoms with Crippen LogP contribution in [0.3, 0.4) is 0 Å². The number of sulfonamides is 1. The highest BCUT2D eigenvalue weighted by molar-refractivity contribution is 7.89. The monoisotopic (exact) mass is 326 g/mol. The van der Waals surface area contributed by atoms with E-state index in [1.807, 2.05) is 27.7 Å². The first-order chi connectivity index (χ1) is 10.3.